The van der Waals surface area contributed by atoms with Crippen molar-refractivity contribution in [1.82, 2.24) is 29.5 Å². The normalized spacial score (nSPS) is 16.8. The van der Waals surface area contributed by atoms with Crippen LogP contribution in [-0.2, 0) is 7.05 Å². The fourth-order valence-electron chi connectivity index (χ4n) is 2.97. The van der Waals surface area contributed by atoms with Gasteiger partial charge >= 0.3 is 6.18 Å². The number of allylic oxidation sites excluding steroid dienone is 2. The summed E-state index contributed by atoms with van der Waals surface area (Å²) < 4.78 is 44.0. The Morgan fingerprint density at radius 1 is 1.26 bits per heavy atom. The van der Waals surface area contributed by atoms with E-state index < -0.39 is 29.3 Å². The number of carbonyl (C=O) groups is 1. The molecule has 4 rings (SSSR count). The number of anilines is 1. The molecule has 27 heavy (non-hydrogen) atoms. The van der Waals surface area contributed by atoms with Crippen molar-refractivity contribution < 1.29 is 18.0 Å². The molecule has 0 amide bonds. The number of hydrogen-bond acceptors (Lipinski definition) is 6. The second-order valence-electron chi connectivity index (χ2n) is 5.86. The minimum Gasteiger partial charge on any atom is -0.320 e. The topological polar surface area (TPSA) is 90.5 Å². The molecule has 138 valence electrons. The molecular formula is C16H12F3N7O. The van der Waals surface area contributed by atoms with Gasteiger partial charge in [-0.15, -0.1) is 0 Å². The van der Waals surface area contributed by atoms with Crippen LogP contribution in [0.4, 0.5) is 19.1 Å². The monoisotopic (exact) mass is 375 g/mol. The van der Waals surface area contributed by atoms with E-state index in [1.807, 2.05) is 0 Å². The van der Waals surface area contributed by atoms with Gasteiger partial charge in [0.25, 0.3) is 0 Å². The van der Waals surface area contributed by atoms with E-state index in [0.29, 0.717) is 5.56 Å². The molecule has 0 radical (unpaired) electrons. The van der Waals surface area contributed by atoms with Crippen LogP contribution in [0.25, 0.3) is 0 Å². The van der Waals surface area contributed by atoms with Crippen LogP contribution in [0, 0.1) is 0 Å². The minimum atomic E-state index is -4.80. The van der Waals surface area contributed by atoms with Crippen LogP contribution in [-0.4, -0.2) is 41.5 Å². The van der Waals surface area contributed by atoms with Gasteiger partial charge in [0, 0.05) is 25.6 Å². The van der Waals surface area contributed by atoms with Crippen LogP contribution >= 0.6 is 0 Å². The third-order valence-corrected chi connectivity index (χ3v) is 4.09. The lowest BCUT2D eigenvalue weighted by Gasteiger charge is -2.30. The summed E-state index contributed by atoms with van der Waals surface area (Å²) in [6.07, 6.45) is 1.79. The molecule has 0 spiro atoms. The largest absolute Gasteiger partial charge is 0.431 e. The van der Waals surface area contributed by atoms with Gasteiger partial charge in [-0.3, -0.25) is 14.5 Å². The molecule has 0 saturated carbocycles. The average Bonchev–Trinajstić information content (AvgIpc) is 3.28. The van der Waals surface area contributed by atoms with E-state index in [1.54, 1.807) is 19.2 Å². The minimum absolute atomic E-state index is 0.0357. The summed E-state index contributed by atoms with van der Waals surface area (Å²) in [5, 5.41) is 10.1. The first kappa shape index (κ1) is 16.9. The molecule has 0 saturated heterocycles. The number of hydrogen-bond donors (Lipinski definition) is 1. The van der Waals surface area contributed by atoms with Crippen molar-refractivity contribution in [2.24, 2.45) is 7.05 Å². The van der Waals surface area contributed by atoms with Crippen LogP contribution in [0.15, 0.2) is 54.5 Å². The summed E-state index contributed by atoms with van der Waals surface area (Å²) >= 11 is 0. The molecule has 0 aromatic carbocycles. The number of pyridine rings is 1. The number of aryl methyl sites for hydroxylation is 1. The molecule has 0 bridgehead atoms. The van der Waals surface area contributed by atoms with Crippen LogP contribution in [0.3, 0.4) is 0 Å². The number of nitrogens with one attached hydrogen (secondary N) is 1. The third kappa shape index (κ3) is 2.86. The molecule has 1 N–H and O–H groups in total. The Morgan fingerprint density at radius 2 is 2.07 bits per heavy atom. The number of rotatable bonds is 3. The summed E-state index contributed by atoms with van der Waals surface area (Å²) in [5.41, 5.74) is -1.26. The van der Waals surface area contributed by atoms with Crippen LogP contribution in [0.2, 0.25) is 0 Å². The Hall–Kier alpha value is -3.50. The zero-order valence-corrected chi connectivity index (χ0v) is 13.8. The molecule has 0 fully saturated rings. The van der Waals surface area contributed by atoms with E-state index >= 15 is 0 Å². The van der Waals surface area contributed by atoms with Gasteiger partial charge in [0.15, 0.2) is 5.78 Å². The van der Waals surface area contributed by atoms with Crippen molar-refractivity contribution in [3.8, 4) is 0 Å². The number of halogens is 3. The number of aromatic nitrogens is 6. The average molecular weight is 375 g/mol. The zero-order chi connectivity index (χ0) is 19.2. The molecular weight excluding hydrogens is 363 g/mol. The lowest BCUT2D eigenvalue weighted by atomic mass is 9.91. The van der Waals surface area contributed by atoms with Crippen LogP contribution in [0.5, 0.6) is 0 Å². The molecule has 3 aromatic heterocycles. The highest BCUT2D eigenvalue weighted by Gasteiger charge is 2.46. The molecule has 11 heteroatoms. The van der Waals surface area contributed by atoms with Gasteiger partial charge in [-0.25, -0.2) is 4.68 Å². The summed E-state index contributed by atoms with van der Waals surface area (Å²) in [6.45, 7) is 0. The molecule has 1 atom stereocenters. The Morgan fingerprint density at radius 3 is 2.70 bits per heavy atom. The van der Waals surface area contributed by atoms with Gasteiger partial charge in [-0.2, -0.15) is 28.4 Å². The first-order chi connectivity index (χ1) is 12.9. The molecule has 3 aromatic rings. The summed E-state index contributed by atoms with van der Waals surface area (Å²) in [5.74, 6) is -0.920. The molecule has 1 aliphatic heterocycles. The standard InChI is InChI=1S/C16H12F3N7O/c1-25-7-10(6-22-25)13(27)11-12(9-3-2-4-20-5-9)26-15(21-8-23-26)24-14(11)16(17,18)19/h2-8,12H,1H3,(H,21,23,24). The summed E-state index contributed by atoms with van der Waals surface area (Å²) in [4.78, 5) is 20.8. The Bertz CT molecular complexity index is 1040. The maximum absolute atomic E-state index is 13.8. The van der Waals surface area contributed by atoms with E-state index in [0.717, 1.165) is 6.33 Å². The van der Waals surface area contributed by atoms with E-state index in [2.05, 4.69) is 25.5 Å². The van der Waals surface area contributed by atoms with Gasteiger partial charge in [-0.05, 0) is 11.6 Å². The van der Waals surface area contributed by atoms with Crippen LogP contribution in [0.1, 0.15) is 22.0 Å². The van der Waals surface area contributed by atoms with Gasteiger partial charge in [0.2, 0.25) is 5.95 Å². The predicted molar refractivity (Wildman–Crippen MR) is 86.6 cm³/mol. The SMILES string of the molecule is Cn1cc(C(=O)C2=C(C(F)(F)F)Nc3ncnn3C2c2cccnc2)cn1. The van der Waals surface area contributed by atoms with Gasteiger partial charge in [-0.1, -0.05) is 6.07 Å². The maximum Gasteiger partial charge on any atom is 0.431 e. The van der Waals surface area contributed by atoms with Gasteiger partial charge < -0.3 is 5.32 Å². The van der Waals surface area contributed by atoms with E-state index in [1.165, 1.54) is 34.2 Å². The van der Waals surface area contributed by atoms with E-state index in [-0.39, 0.29) is 11.5 Å². The highest BCUT2D eigenvalue weighted by atomic mass is 19.4. The maximum atomic E-state index is 13.8. The summed E-state index contributed by atoms with van der Waals surface area (Å²) in [6, 6.07) is 2.02. The fourth-order valence-corrected chi connectivity index (χ4v) is 2.97. The molecule has 8 nitrogen and oxygen atoms in total. The third-order valence-electron chi connectivity index (χ3n) is 4.09. The lowest BCUT2D eigenvalue weighted by Crippen LogP contribution is -2.35. The summed E-state index contributed by atoms with van der Waals surface area (Å²) in [7, 11) is 1.57. The Labute approximate surface area is 150 Å². The highest BCUT2D eigenvalue weighted by molar-refractivity contribution is 6.10. The van der Waals surface area contributed by atoms with Crippen molar-refractivity contribution in [1.29, 1.82) is 0 Å². The predicted octanol–water partition coefficient (Wildman–Crippen LogP) is 2.12. The second-order valence-corrected chi connectivity index (χ2v) is 5.86. The fraction of sp³-hybridized carbons (Fsp3) is 0.188. The van der Waals surface area contributed by atoms with Gasteiger partial charge in [0.1, 0.15) is 18.1 Å². The zero-order valence-electron chi connectivity index (χ0n) is 13.8. The first-order valence-electron chi connectivity index (χ1n) is 7.77. The van der Waals surface area contributed by atoms with Crippen molar-refractivity contribution in [3.05, 3.63) is 65.6 Å². The number of ketones is 1. The number of alkyl halides is 3. The number of nitrogens with zero attached hydrogens (tertiary/aromatic N) is 6. The Balaban J connectivity index is 1.97. The van der Waals surface area contributed by atoms with Crippen molar-refractivity contribution in [3.63, 3.8) is 0 Å². The Kier molecular flexibility index (Phi) is 3.79. The van der Waals surface area contributed by atoms with Crippen molar-refractivity contribution in [2.75, 3.05) is 5.32 Å². The quantitative estimate of drug-likeness (QED) is 0.706. The molecule has 4 heterocycles. The van der Waals surface area contributed by atoms with Crippen molar-refractivity contribution >= 4 is 11.7 Å². The second kappa shape index (κ2) is 6.04. The molecule has 0 aliphatic carbocycles. The molecule has 1 unspecified atom stereocenters. The number of fused-ring (bicyclic) bond motifs is 1. The van der Waals surface area contributed by atoms with E-state index in [4.69, 9.17) is 0 Å². The highest BCUT2D eigenvalue weighted by Crippen LogP contribution is 2.41. The molecule has 1 aliphatic rings. The first-order valence-corrected chi connectivity index (χ1v) is 7.77. The number of carbonyl (C=O) groups excluding carboxylic acids is 1. The van der Waals surface area contributed by atoms with Crippen molar-refractivity contribution in [2.45, 2.75) is 12.2 Å². The van der Waals surface area contributed by atoms with Gasteiger partial charge in [0.05, 0.1) is 17.3 Å². The lowest BCUT2D eigenvalue weighted by molar-refractivity contribution is -0.0918. The smallest absolute Gasteiger partial charge is 0.320 e. The number of Topliss-reactive ketones (excluding diaryl/α,β-unsaturated/α-hetero) is 1. The van der Waals surface area contributed by atoms with Crippen LogP contribution < -0.4 is 5.32 Å². The van der Waals surface area contributed by atoms with E-state index in [9.17, 15) is 18.0 Å².